The van der Waals surface area contributed by atoms with Crippen molar-refractivity contribution >= 4 is 20.8 Å². The molecule has 8 heteroatoms. The van der Waals surface area contributed by atoms with Crippen LogP contribution in [0.5, 0.6) is 0 Å². The number of H-pyrrole nitrogens is 1. The molecule has 170 valence electrons. The second kappa shape index (κ2) is 8.81. The maximum atomic E-state index is 13.2. The Morgan fingerprint density at radius 1 is 0.912 bits per heavy atom. The maximum Gasteiger partial charge on any atom is 0.241 e. The average Bonchev–Trinajstić information content (AvgIpc) is 3.34. The predicted molar refractivity (Wildman–Crippen MR) is 130 cm³/mol. The van der Waals surface area contributed by atoms with Crippen LogP contribution < -0.4 is 4.72 Å². The molecule has 0 unspecified atom stereocenters. The van der Waals surface area contributed by atoms with E-state index >= 15 is 0 Å². The van der Waals surface area contributed by atoms with Gasteiger partial charge in [-0.2, -0.15) is 0 Å². The Bertz CT molecular complexity index is 1580. The number of sulfonamides is 1. The van der Waals surface area contributed by atoms with Crippen LogP contribution in [-0.4, -0.2) is 23.4 Å². The van der Waals surface area contributed by atoms with Crippen molar-refractivity contribution in [2.45, 2.75) is 17.9 Å². The Labute approximate surface area is 196 Å². The zero-order chi connectivity index (χ0) is 23.7. The minimum absolute atomic E-state index is 0.118. The van der Waals surface area contributed by atoms with Gasteiger partial charge in [-0.25, -0.2) is 22.5 Å². The van der Waals surface area contributed by atoms with Crippen LogP contribution in [0.15, 0.2) is 96.2 Å². The third-order valence-electron chi connectivity index (χ3n) is 5.59. The molecule has 0 bridgehead atoms. The van der Waals surface area contributed by atoms with Crippen molar-refractivity contribution < 1.29 is 12.8 Å². The van der Waals surface area contributed by atoms with Gasteiger partial charge in [0, 0.05) is 29.4 Å². The van der Waals surface area contributed by atoms with Gasteiger partial charge in [0.2, 0.25) is 10.0 Å². The number of benzene rings is 3. The third-order valence-corrected chi connectivity index (χ3v) is 7.13. The summed E-state index contributed by atoms with van der Waals surface area (Å²) in [5, 5.41) is 2.10. The van der Waals surface area contributed by atoms with Gasteiger partial charge < -0.3 is 4.98 Å². The van der Waals surface area contributed by atoms with Gasteiger partial charge in [0.05, 0.1) is 10.6 Å². The lowest BCUT2D eigenvalue weighted by molar-refractivity contribution is 0.566. The molecule has 2 N–H and O–H groups in total. The number of nitrogens with one attached hydrogen (secondary N) is 2. The summed E-state index contributed by atoms with van der Waals surface area (Å²) in [6.45, 7) is 1.71. The van der Waals surface area contributed by atoms with E-state index < -0.39 is 16.1 Å². The monoisotopic (exact) mass is 472 g/mol. The largest absolute Gasteiger partial charge is 0.343 e. The minimum atomic E-state index is -3.81. The van der Waals surface area contributed by atoms with Crippen molar-refractivity contribution in [3.05, 3.63) is 103 Å². The highest BCUT2D eigenvalue weighted by Gasteiger charge is 2.19. The highest BCUT2D eigenvalue weighted by atomic mass is 32.2. The number of halogens is 1. The summed E-state index contributed by atoms with van der Waals surface area (Å²) >= 11 is 0. The molecule has 0 fully saturated rings. The molecule has 0 spiro atoms. The van der Waals surface area contributed by atoms with Crippen molar-refractivity contribution in [2.24, 2.45) is 0 Å². The summed E-state index contributed by atoms with van der Waals surface area (Å²) in [6, 6.07) is 21.7. The molecule has 0 aliphatic rings. The third kappa shape index (κ3) is 4.46. The van der Waals surface area contributed by atoms with E-state index in [2.05, 4.69) is 19.7 Å². The molecule has 0 saturated carbocycles. The molecule has 0 aliphatic carbocycles. The highest BCUT2D eigenvalue weighted by molar-refractivity contribution is 7.89. The molecule has 0 aliphatic heterocycles. The predicted octanol–water partition coefficient (Wildman–Crippen LogP) is 5.47. The lowest BCUT2D eigenvalue weighted by Gasteiger charge is -2.15. The smallest absolute Gasteiger partial charge is 0.241 e. The van der Waals surface area contributed by atoms with Crippen LogP contribution >= 0.6 is 0 Å². The van der Waals surface area contributed by atoms with E-state index in [1.54, 1.807) is 49.6 Å². The van der Waals surface area contributed by atoms with Gasteiger partial charge in [0.25, 0.3) is 0 Å². The van der Waals surface area contributed by atoms with Crippen molar-refractivity contribution in [1.82, 2.24) is 19.7 Å². The maximum absolute atomic E-state index is 13.2. The zero-order valence-corrected chi connectivity index (χ0v) is 19.1. The Morgan fingerprint density at radius 3 is 2.47 bits per heavy atom. The fourth-order valence-electron chi connectivity index (χ4n) is 3.76. The molecule has 2 aromatic heterocycles. The van der Waals surface area contributed by atoms with E-state index in [0.29, 0.717) is 28.3 Å². The number of pyridine rings is 1. The van der Waals surface area contributed by atoms with Crippen molar-refractivity contribution in [1.29, 1.82) is 0 Å². The van der Waals surface area contributed by atoms with Gasteiger partial charge in [0.15, 0.2) is 5.82 Å². The van der Waals surface area contributed by atoms with Crippen molar-refractivity contribution in [3.8, 4) is 22.8 Å². The molecule has 1 atom stereocenters. The number of imidazole rings is 1. The fraction of sp³-hybridized carbons (Fsp3) is 0.0769. The standard InChI is InChI=1S/C26H21FN4O2S/c1-17(18-9-11-22(27)12-10-18)31-34(32,33)23-8-4-7-20(13-23)25-16-29-26(30-25)24-14-19-5-2-3-6-21(19)15-28-24/h2-17,31H,1H3,(H,29,30)/t17-/m1/s1. The van der Waals surface area contributed by atoms with E-state index in [9.17, 15) is 12.8 Å². The first kappa shape index (κ1) is 21.9. The molecule has 34 heavy (non-hydrogen) atoms. The summed E-state index contributed by atoms with van der Waals surface area (Å²) in [6.07, 6.45) is 3.53. The minimum Gasteiger partial charge on any atom is -0.343 e. The average molecular weight is 473 g/mol. The summed E-state index contributed by atoms with van der Waals surface area (Å²) < 4.78 is 41.8. The van der Waals surface area contributed by atoms with E-state index in [-0.39, 0.29) is 10.7 Å². The molecule has 3 aromatic carbocycles. The van der Waals surface area contributed by atoms with E-state index in [4.69, 9.17) is 0 Å². The number of aromatic nitrogens is 3. The highest BCUT2D eigenvalue weighted by Crippen LogP contribution is 2.26. The normalized spacial score (nSPS) is 12.6. The Hall–Kier alpha value is -3.88. The lowest BCUT2D eigenvalue weighted by Crippen LogP contribution is -2.26. The molecule has 5 rings (SSSR count). The van der Waals surface area contributed by atoms with Crippen LogP contribution in [0.2, 0.25) is 0 Å². The summed E-state index contributed by atoms with van der Waals surface area (Å²) in [5.74, 6) is 0.223. The molecule has 0 saturated heterocycles. The number of nitrogens with zero attached hydrogens (tertiary/aromatic N) is 2. The van der Waals surface area contributed by atoms with Gasteiger partial charge in [-0.15, -0.1) is 0 Å². The molecule has 0 amide bonds. The van der Waals surface area contributed by atoms with Gasteiger partial charge in [-0.05, 0) is 48.2 Å². The molecule has 0 radical (unpaired) electrons. The number of aromatic amines is 1. The molecule has 5 aromatic rings. The van der Waals surface area contributed by atoms with Gasteiger partial charge in [-0.1, -0.05) is 48.5 Å². The van der Waals surface area contributed by atoms with Gasteiger partial charge >= 0.3 is 0 Å². The Kier molecular flexibility index (Phi) is 5.69. The summed E-state index contributed by atoms with van der Waals surface area (Å²) in [4.78, 5) is 12.4. The number of hydrogen-bond donors (Lipinski definition) is 2. The quantitative estimate of drug-likeness (QED) is 0.343. The summed E-state index contributed by atoms with van der Waals surface area (Å²) in [5.41, 5.74) is 2.62. The van der Waals surface area contributed by atoms with E-state index in [1.165, 1.54) is 18.2 Å². The second-order valence-corrected chi connectivity index (χ2v) is 9.69. The van der Waals surface area contributed by atoms with Crippen molar-refractivity contribution in [3.63, 3.8) is 0 Å². The van der Waals surface area contributed by atoms with Gasteiger partial charge in [0.1, 0.15) is 11.5 Å². The SMILES string of the molecule is C[C@@H](NS(=O)(=O)c1cccc(-c2c[nH]c(-c3cc4ccccc4cn3)n2)c1)c1ccc(F)cc1. The van der Waals surface area contributed by atoms with Crippen LogP contribution in [0, 0.1) is 5.82 Å². The van der Waals surface area contributed by atoms with Gasteiger partial charge in [-0.3, -0.25) is 4.98 Å². The fourth-order valence-corrected chi connectivity index (χ4v) is 5.03. The number of rotatable bonds is 6. The van der Waals surface area contributed by atoms with Crippen LogP contribution in [-0.2, 0) is 10.0 Å². The Morgan fingerprint density at radius 2 is 1.68 bits per heavy atom. The Balaban J connectivity index is 1.40. The lowest BCUT2D eigenvalue weighted by atomic mass is 10.1. The first-order chi connectivity index (χ1) is 16.4. The molecule has 6 nitrogen and oxygen atoms in total. The molecule has 2 heterocycles. The first-order valence-electron chi connectivity index (χ1n) is 10.7. The van der Waals surface area contributed by atoms with E-state index in [0.717, 1.165) is 10.8 Å². The zero-order valence-electron chi connectivity index (χ0n) is 18.2. The van der Waals surface area contributed by atoms with Crippen LogP contribution in [0.25, 0.3) is 33.5 Å². The van der Waals surface area contributed by atoms with E-state index in [1.807, 2.05) is 30.3 Å². The number of fused-ring (bicyclic) bond motifs is 1. The van der Waals surface area contributed by atoms with Crippen LogP contribution in [0.1, 0.15) is 18.5 Å². The summed E-state index contributed by atoms with van der Waals surface area (Å²) in [7, 11) is -3.81. The van der Waals surface area contributed by atoms with Crippen molar-refractivity contribution in [2.75, 3.05) is 0 Å². The first-order valence-corrected chi connectivity index (χ1v) is 12.2. The molecular formula is C26H21FN4O2S. The topological polar surface area (TPSA) is 87.7 Å². The molecular weight excluding hydrogens is 451 g/mol. The van der Waals surface area contributed by atoms with Crippen LogP contribution in [0.3, 0.4) is 0 Å². The number of hydrogen-bond acceptors (Lipinski definition) is 4. The van der Waals surface area contributed by atoms with Crippen LogP contribution in [0.4, 0.5) is 4.39 Å². The second-order valence-electron chi connectivity index (χ2n) is 7.97.